The minimum Gasteiger partial charge on any atom is -0.508 e. The van der Waals surface area contributed by atoms with Crippen LogP contribution in [0.3, 0.4) is 0 Å². The molecule has 0 radical (unpaired) electrons. The lowest BCUT2D eigenvalue weighted by molar-refractivity contribution is -0.318. The van der Waals surface area contributed by atoms with E-state index >= 15 is 0 Å². The summed E-state index contributed by atoms with van der Waals surface area (Å²) in [6.45, 7) is 0.628. The standard InChI is InChI=1S/C34H34O20/c1-10-22(41)26(45)28(47)33(50-10)49-9-20-24(43)27(46)31(53-32(48)12-5-17(39)23(42)18(40)6-12)34(52-20)54-30-25(44)21-16(38)7-13(35)8-19(21)51-29(30)11-2-3-14(36)15(37)4-11/h2-8,10,20,22,24,26-28,31,33-43,45-47H,9H2,1H3/t10-,20+,22-,24+,26+,27-,28-,31+,33+,34-/m0/s1. The van der Waals surface area contributed by atoms with Crippen LogP contribution >= 0.6 is 0 Å². The van der Waals surface area contributed by atoms with Gasteiger partial charge in [-0.1, -0.05) is 0 Å². The third kappa shape index (κ3) is 7.07. The lowest BCUT2D eigenvalue weighted by Gasteiger charge is -2.43. The van der Waals surface area contributed by atoms with E-state index in [0.717, 1.165) is 24.3 Å². The van der Waals surface area contributed by atoms with Gasteiger partial charge in [0.25, 0.3) is 0 Å². The molecule has 2 saturated heterocycles. The highest BCUT2D eigenvalue weighted by Crippen LogP contribution is 2.40. The third-order valence-electron chi connectivity index (χ3n) is 8.82. The van der Waals surface area contributed by atoms with Gasteiger partial charge in [0.05, 0.1) is 18.3 Å². The van der Waals surface area contributed by atoms with Crippen molar-refractivity contribution in [3.63, 3.8) is 0 Å². The Balaban J connectivity index is 1.41. The number of benzene rings is 3. The molecular formula is C34H34O20. The summed E-state index contributed by atoms with van der Waals surface area (Å²) in [6, 6.07) is 6.33. The van der Waals surface area contributed by atoms with E-state index in [2.05, 4.69) is 0 Å². The second-order valence-corrected chi connectivity index (χ2v) is 12.5. The van der Waals surface area contributed by atoms with E-state index in [0.29, 0.717) is 12.1 Å². The molecule has 0 amide bonds. The second kappa shape index (κ2) is 14.7. The fourth-order valence-corrected chi connectivity index (χ4v) is 5.86. The van der Waals surface area contributed by atoms with Gasteiger partial charge < -0.3 is 89.4 Å². The number of esters is 1. The number of ether oxygens (including phenoxy) is 5. The number of phenols is 7. The maximum Gasteiger partial charge on any atom is 0.339 e. The lowest BCUT2D eigenvalue weighted by Crippen LogP contribution is -2.62. The molecule has 10 atom stereocenters. The van der Waals surface area contributed by atoms with Gasteiger partial charge in [-0.2, -0.15) is 0 Å². The van der Waals surface area contributed by atoms with E-state index in [9.17, 15) is 70.9 Å². The number of fused-ring (bicyclic) bond motifs is 1. The number of phenolic OH excluding ortho intramolecular Hbond substituents is 7. The molecule has 3 heterocycles. The molecule has 0 aliphatic carbocycles. The lowest BCUT2D eigenvalue weighted by atomic mass is 9.98. The Hall–Kier alpha value is -5.58. The first-order valence-corrected chi connectivity index (χ1v) is 16.0. The van der Waals surface area contributed by atoms with Gasteiger partial charge in [0.1, 0.15) is 59.1 Å². The summed E-state index contributed by atoms with van der Waals surface area (Å²) in [5.41, 5.74) is -2.25. The van der Waals surface area contributed by atoms with E-state index in [1.165, 1.54) is 13.0 Å². The zero-order valence-electron chi connectivity index (χ0n) is 27.7. The van der Waals surface area contributed by atoms with E-state index in [4.69, 9.17) is 28.1 Å². The van der Waals surface area contributed by atoms with Crippen molar-refractivity contribution >= 4 is 16.9 Å². The summed E-state index contributed by atoms with van der Waals surface area (Å²) in [5.74, 6) is -8.16. The van der Waals surface area contributed by atoms with Crippen molar-refractivity contribution in [2.75, 3.05) is 6.61 Å². The Labute approximate surface area is 301 Å². The molecule has 290 valence electrons. The smallest absolute Gasteiger partial charge is 0.339 e. The van der Waals surface area contributed by atoms with Crippen LogP contribution in [0.25, 0.3) is 22.3 Å². The fraction of sp³-hybridized carbons (Fsp3) is 0.353. The molecule has 6 rings (SSSR count). The zero-order chi connectivity index (χ0) is 39.3. The Bertz CT molecular complexity index is 2090. The number of aliphatic hydroxyl groups is 5. The van der Waals surface area contributed by atoms with Gasteiger partial charge in [-0.05, 0) is 37.3 Å². The monoisotopic (exact) mass is 762 g/mol. The first kappa shape index (κ1) is 38.2. The van der Waals surface area contributed by atoms with E-state index < -0.39 is 142 Å². The highest BCUT2D eigenvalue weighted by atomic mass is 16.7. The van der Waals surface area contributed by atoms with Crippen LogP contribution in [-0.2, 0) is 18.9 Å². The zero-order valence-corrected chi connectivity index (χ0v) is 27.7. The van der Waals surface area contributed by atoms with Crippen molar-refractivity contribution in [3.8, 4) is 57.3 Å². The number of carbonyl (C=O) groups excluding carboxylic acids is 1. The number of aromatic hydroxyl groups is 7. The molecule has 0 saturated carbocycles. The van der Waals surface area contributed by atoms with E-state index in [1.54, 1.807) is 0 Å². The van der Waals surface area contributed by atoms with Crippen LogP contribution in [0.5, 0.6) is 46.0 Å². The van der Waals surface area contributed by atoms with Crippen molar-refractivity contribution in [2.45, 2.75) is 68.3 Å². The normalized spacial score (nSPS) is 28.5. The number of hydrogen-bond donors (Lipinski definition) is 12. The predicted octanol–water partition coefficient (Wildman–Crippen LogP) is -0.706. The fourth-order valence-electron chi connectivity index (χ4n) is 5.86. The minimum atomic E-state index is -2.16. The van der Waals surface area contributed by atoms with Crippen molar-refractivity contribution in [3.05, 3.63) is 58.3 Å². The summed E-state index contributed by atoms with van der Waals surface area (Å²) in [6.07, 6.45) is -17.7. The van der Waals surface area contributed by atoms with E-state index in [1.807, 2.05) is 0 Å². The SMILES string of the molecule is C[C@@H]1O[C@@H](OC[C@H]2O[C@@H](Oc3c(-c4ccc(O)c(O)c4)oc4cc(O)cc(O)c4c3=O)[C@H](OC(=O)c3cc(O)c(O)c(O)c3)[C@@H](O)[C@@H]2O)[C@@H](O)[C@H](O)[C@H]1O. The summed E-state index contributed by atoms with van der Waals surface area (Å²) in [7, 11) is 0. The van der Waals surface area contributed by atoms with Crippen LogP contribution < -0.4 is 10.2 Å². The molecular weight excluding hydrogens is 728 g/mol. The Kier molecular flexibility index (Phi) is 10.4. The molecule has 20 nitrogen and oxygen atoms in total. The number of rotatable bonds is 8. The average molecular weight is 763 g/mol. The molecule has 1 aromatic heterocycles. The molecule has 54 heavy (non-hydrogen) atoms. The van der Waals surface area contributed by atoms with Gasteiger partial charge in [-0.3, -0.25) is 4.79 Å². The molecule has 12 N–H and O–H groups in total. The highest BCUT2D eigenvalue weighted by molar-refractivity contribution is 5.91. The molecule has 3 aromatic carbocycles. The van der Waals surface area contributed by atoms with Crippen molar-refractivity contribution < 1.29 is 94.2 Å². The molecule has 20 heteroatoms. The van der Waals surface area contributed by atoms with Crippen LogP contribution in [-0.4, -0.2) is 135 Å². The van der Waals surface area contributed by atoms with Gasteiger partial charge >= 0.3 is 5.97 Å². The van der Waals surface area contributed by atoms with Crippen LogP contribution in [0.2, 0.25) is 0 Å². The van der Waals surface area contributed by atoms with Crippen LogP contribution in [0.4, 0.5) is 0 Å². The topological polar surface area (TPSA) is 336 Å². The molecule has 0 unspecified atom stereocenters. The van der Waals surface area contributed by atoms with Gasteiger partial charge in [0, 0.05) is 17.7 Å². The largest absolute Gasteiger partial charge is 0.508 e. The van der Waals surface area contributed by atoms with Crippen LogP contribution in [0, 0.1) is 0 Å². The molecule has 0 spiro atoms. The van der Waals surface area contributed by atoms with Crippen molar-refractivity contribution in [1.29, 1.82) is 0 Å². The summed E-state index contributed by atoms with van der Waals surface area (Å²) >= 11 is 0. The van der Waals surface area contributed by atoms with Gasteiger partial charge in [0.2, 0.25) is 17.5 Å². The number of aliphatic hydroxyl groups excluding tert-OH is 5. The molecule has 4 aromatic rings. The molecule has 2 aliphatic heterocycles. The first-order chi connectivity index (χ1) is 25.5. The van der Waals surface area contributed by atoms with Crippen molar-refractivity contribution in [2.24, 2.45) is 0 Å². The van der Waals surface area contributed by atoms with Crippen molar-refractivity contribution in [1.82, 2.24) is 0 Å². The van der Waals surface area contributed by atoms with Crippen LogP contribution in [0.1, 0.15) is 17.3 Å². The Morgan fingerprint density at radius 2 is 1.41 bits per heavy atom. The van der Waals surface area contributed by atoms with Gasteiger partial charge in [-0.25, -0.2) is 4.79 Å². The summed E-state index contributed by atoms with van der Waals surface area (Å²) < 4.78 is 33.9. The maximum atomic E-state index is 14.0. The number of hydrogen-bond acceptors (Lipinski definition) is 20. The Morgan fingerprint density at radius 1 is 0.722 bits per heavy atom. The molecule has 2 fully saturated rings. The van der Waals surface area contributed by atoms with E-state index in [-0.39, 0.29) is 11.1 Å². The molecule has 0 bridgehead atoms. The maximum absolute atomic E-state index is 14.0. The van der Waals surface area contributed by atoms with Gasteiger partial charge in [-0.15, -0.1) is 0 Å². The second-order valence-electron chi connectivity index (χ2n) is 12.5. The highest BCUT2D eigenvalue weighted by Gasteiger charge is 2.50. The summed E-state index contributed by atoms with van der Waals surface area (Å²) in [4.78, 5) is 27.3. The van der Waals surface area contributed by atoms with Gasteiger partial charge in [0.15, 0.2) is 46.9 Å². The quantitative estimate of drug-likeness (QED) is 0.0779. The van der Waals surface area contributed by atoms with Crippen LogP contribution in [0.15, 0.2) is 51.7 Å². The Morgan fingerprint density at radius 3 is 2.07 bits per heavy atom. The number of carbonyl (C=O) groups is 1. The third-order valence-corrected chi connectivity index (χ3v) is 8.82. The minimum absolute atomic E-state index is 0.139. The first-order valence-electron chi connectivity index (χ1n) is 16.0. The predicted molar refractivity (Wildman–Crippen MR) is 175 cm³/mol. The molecule has 2 aliphatic rings. The summed E-state index contributed by atoms with van der Waals surface area (Å²) in [5, 5.41) is 123. The average Bonchev–Trinajstić information content (AvgIpc) is 3.12.